The topological polar surface area (TPSA) is 63.4 Å². The fourth-order valence-corrected chi connectivity index (χ4v) is 0.934. The first kappa shape index (κ1) is 7.21. The summed E-state index contributed by atoms with van der Waals surface area (Å²) < 4.78 is 0. The second kappa shape index (κ2) is 2.38. The quantitative estimate of drug-likeness (QED) is 0.445. The Labute approximate surface area is 59.0 Å². The van der Waals surface area contributed by atoms with E-state index in [1.807, 2.05) is 0 Å². The van der Waals surface area contributed by atoms with Gasteiger partial charge < -0.3 is 5.73 Å². The molecule has 0 aromatic rings. The maximum atomic E-state index is 10.8. The summed E-state index contributed by atoms with van der Waals surface area (Å²) in [5, 5.41) is 0. The molecule has 1 rings (SSSR count). The molecule has 0 radical (unpaired) electrons. The minimum absolute atomic E-state index is 0.177. The van der Waals surface area contributed by atoms with Gasteiger partial charge in [0.1, 0.15) is 0 Å². The van der Waals surface area contributed by atoms with Gasteiger partial charge in [-0.3, -0.25) is 14.5 Å². The van der Waals surface area contributed by atoms with E-state index in [-0.39, 0.29) is 17.9 Å². The third-order valence-electron chi connectivity index (χ3n) is 1.62. The number of piperidine rings is 1. The van der Waals surface area contributed by atoms with Gasteiger partial charge in [-0.2, -0.15) is 0 Å². The number of likely N-dealkylation sites (tertiary alicyclic amines) is 1. The van der Waals surface area contributed by atoms with Crippen molar-refractivity contribution in [2.75, 3.05) is 7.05 Å². The summed E-state index contributed by atoms with van der Waals surface area (Å²) in [6.07, 6.45) is 0.588. The monoisotopic (exact) mass is 142 g/mol. The molecule has 1 fully saturated rings. The smallest absolute Gasteiger partial charge is 0.230 e. The molecule has 4 nitrogen and oxygen atoms in total. The summed E-state index contributed by atoms with van der Waals surface area (Å²) in [5.41, 5.74) is 5.41. The van der Waals surface area contributed by atoms with Crippen molar-refractivity contribution in [3.63, 3.8) is 0 Å². The van der Waals surface area contributed by atoms with Crippen LogP contribution in [0, 0.1) is 0 Å². The molecular formula is C6H10N2O2. The van der Waals surface area contributed by atoms with E-state index in [2.05, 4.69) is 0 Å². The van der Waals surface area contributed by atoms with Gasteiger partial charge in [0.2, 0.25) is 11.8 Å². The van der Waals surface area contributed by atoms with E-state index < -0.39 is 0 Å². The molecule has 0 bridgehead atoms. The Bertz CT molecular complexity index is 161. The predicted molar refractivity (Wildman–Crippen MR) is 35.0 cm³/mol. The van der Waals surface area contributed by atoms with Crippen LogP contribution in [0.1, 0.15) is 12.8 Å². The van der Waals surface area contributed by atoms with Gasteiger partial charge in [-0.15, -0.1) is 0 Å². The average molecular weight is 142 g/mol. The fourth-order valence-electron chi connectivity index (χ4n) is 0.934. The first-order chi connectivity index (χ1) is 4.61. The van der Waals surface area contributed by atoms with Crippen molar-refractivity contribution in [3.8, 4) is 0 Å². The number of hydrogen-bond acceptors (Lipinski definition) is 3. The summed E-state index contributed by atoms with van der Waals surface area (Å²) in [4.78, 5) is 22.8. The van der Waals surface area contributed by atoms with Gasteiger partial charge in [0, 0.05) is 25.9 Å². The van der Waals surface area contributed by atoms with Crippen LogP contribution in [0.5, 0.6) is 0 Å². The second-order valence-electron chi connectivity index (χ2n) is 2.51. The van der Waals surface area contributed by atoms with Crippen molar-refractivity contribution in [2.24, 2.45) is 5.73 Å². The van der Waals surface area contributed by atoms with Crippen molar-refractivity contribution < 1.29 is 9.59 Å². The number of carbonyl (C=O) groups excluding carboxylic acids is 2. The van der Waals surface area contributed by atoms with Gasteiger partial charge in [-0.1, -0.05) is 0 Å². The zero-order valence-corrected chi connectivity index (χ0v) is 5.83. The lowest BCUT2D eigenvalue weighted by molar-refractivity contribution is -0.146. The molecule has 56 valence electrons. The molecule has 0 spiro atoms. The van der Waals surface area contributed by atoms with Gasteiger partial charge in [0.05, 0.1) is 0 Å². The van der Waals surface area contributed by atoms with Gasteiger partial charge in [0.25, 0.3) is 0 Å². The third kappa shape index (κ3) is 1.16. The largest absolute Gasteiger partial charge is 0.327 e. The lowest BCUT2D eigenvalue weighted by atomic mass is 10.1. The number of nitrogens with two attached hydrogens (primary N) is 1. The van der Waals surface area contributed by atoms with Crippen LogP contribution >= 0.6 is 0 Å². The van der Waals surface area contributed by atoms with E-state index in [0.717, 1.165) is 4.90 Å². The summed E-state index contributed by atoms with van der Waals surface area (Å²) in [7, 11) is 1.48. The zero-order valence-electron chi connectivity index (χ0n) is 5.83. The molecule has 10 heavy (non-hydrogen) atoms. The highest BCUT2D eigenvalue weighted by Gasteiger charge is 2.26. The Hall–Kier alpha value is -0.900. The van der Waals surface area contributed by atoms with Crippen molar-refractivity contribution in [1.29, 1.82) is 0 Å². The Balaban J connectivity index is 2.66. The summed E-state index contributed by atoms with van der Waals surface area (Å²) >= 11 is 0. The third-order valence-corrected chi connectivity index (χ3v) is 1.62. The highest BCUT2D eigenvalue weighted by molar-refractivity contribution is 5.97. The Morgan fingerprint density at radius 1 is 1.40 bits per heavy atom. The normalized spacial score (nSPS) is 22.0. The van der Waals surface area contributed by atoms with E-state index in [9.17, 15) is 9.59 Å². The molecule has 1 heterocycles. The average Bonchev–Trinajstić information content (AvgIpc) is 1.82. The number of carbonyl (C=O) groups is 2. The predicted octanol–water partition coefficient (Wildman–Crippen LogP) is -0.908. The first-order valence-corrected chi connectivity index (χ1v) is 3.16. The summed E-state index contributed by atoms with van der Waals surface area (Å²) in [6.45, 7) is 0. The van der Waals surface area contributed by atoms with Crippen LogP contribution in [0.3, 0.4) is 0 Å². The molecule has 0 aliphatic carbocycles. The number of rotatable bonds is 0. The number of nitrogens with zero attached hydrogens (tertiary/aromatic N) is 1. The van der Waals surface area contributed by atoms with E-state index in [0.29, 0.717) is 12.8 Å². The molecule has 0 aromatic carbocycles. The molecule has 0 unspecified atom stereocenters. The van der Waals surface area contributed by atoms with Crippen LogP contribution in [-0.4, -0.2) is 29.8 Å². The van der Waals surface area contributed by atoms with Crippen LogP contribution in [-0.2, 0) is 9.59 Å². The van der Waals surface area contributed by atoms with Crippen LogP contribution in [0.4, 0.5) is 0 Å². The van der Waals surface area contributed by atoms with E-state index in [4.69, 9.17) is 5.73 Å². The number of hydrogen-bond donors (Lipinski definition) is 1. The lowest BCUT2D eigenvalue weighted by Crippen LogP contribution is -2.45. The summed E-state index contributed by atoms with van der Waals surface area (Å²) in [6, 6.07) is -0.267. The molecular weight excluding hydrogens is 132 g/mol. The molecule has 0 atom stereocenters. The Morgan fingerprint density at radius 2 is 1.80 bits per heavy atom. The molecule has 0 aromatic heterocycles. The fraction of sp³-hybridized carbons (Fsp3) is 0.667. The van der Waals surface area contributed by atoms with Crippen LogP contribution in [0.25, 0.3) is 0 Å². The Kier molecular flexibility index (Phi) is 1.72. The molecule has 4 heteroatoms. The molecule has 2 N–H and O–H groups in total. The minimum atomic E-state index is -0.267. The maximum Gasteiger partial charge on any atom is 0.230 e. The van der Waals surface area contributed by atoms with E-state index in [1.54, 1.807) is 0 Å². The lowest BCUT2D eigenvalue weighted by Gasteiger charge is -2.24. The highest BCUT2D eigenvalue weighted by atomic mass is 16.2. The van der Waals surface area contributed by atoms with Crippen LogP contribution in [0.2, 0.25) is 0 Å². The van der Waals surface area contributed by atoms with Gasteiger partial charge >= 0.3 is 0 Å². The highest BCUT2D eigenvalue weighted by Crippen LogP contribution is 2.08. The molecule has 1 saturated heterocycles. The Morgan fingerprint density at radius 3 is 2.20 bits per heavy atom. The van der Waals surface area contributed by atoms with Gasteiger partial charge in [-0.05, 0) is 0 Å². The van der Waals surface area contributed by atoms with Crippen molar-refractivity contribution in [3.05, 3.63) is 0 Å². The van der Waals surface area contributed by atoms with Crippen molar-refractivity contribution in [2.45, 2.75) is 18.9 Å². The minimum Gasteiger partial charge on any atom is -0.327 e. The second-order valence-corrected chi connectivity index (χ2v) is 2.51. The molecule has 0 saturated carbocycles. The van der Waals surface area contributed by atoms with Crippen LogP contribution < -0.4 is 5.73 Å². The van der Waals surface area contributed by atoms with Gasteiger partial charge in [-0.25, -0.2) is 0 Å². The van der Waals surface area contributed by atoms with Crippen LogP contribution in [0.15, 0.2) is 0 Å². The number of imide groups is 1. The molecule has 1 aliphatic rings. The standard InChI is InChI=1S/C6H10N2O2/c1-8-5(9)2-4(7)3-6(8)10/h4H,2-3,7H2,1H3. The van der Waals surface area contributed by atoms with Crippen molar-refractivity contribution >= 4 is 11.8 Å². The van der Waals surface area contributed by atoms with Crippen molar-refractivity contribution in [1.82, 2.24) is 4.90 Å². The van der Waals surface area contributed by atoms with E-state index >= 15 is 0 Å². The molecule has 1 aliphatic heterocycles. The first-order valence-electron chi connectivity index (χ1n) is 3.16. The zero-order chi connectivity index (χ0) is 7.72. The SMILES string of the molecule is CN1C(=O)CC(N)CC1=O. The summed E-state index contributed by atoms with van der Waals surface area (Å²) in [5.74, 6) is -0.354. The van der Waals surface area contributed by atoms with E-state index in [1.165, 1.54) is 7.05 Å². The maximum absolute atomic E-state index is 10.8. The van der Waals surface area contributed by atoms with Gasteiger partial charge in [0.15, 0.2) is 0 Å². The molecule has 2 amide bonds. The number of amides is 2.